The molecule has 6 nitrogen and oxygen atoms in total. The molecular weight excluding hydrogens is 386 g/mol. The number of piperazine rings is 1. The number of fused-ring (bicyclic) bond motifs is 1. The third-order valence-electron chi connectivity index (χ3n) is 4.60. The van der Waals surface area contributed by atoms with Gasteiger partial charge in [-0.3, -0.25) is 4.79 Å². The molecule has 1 aliphatic rings. The number of nitrogens with one attached hydrogen (secondary N) is 1. The summed E-state index contributed by atoms with van der Waals surface area (Å²) in [5.74, 6) is -1.52. The van der Waals surface area contributed by atoms with Crippen LogP contribution in [0.1, 0.15) is 10.5 Å². The summed E-state index contributed by atoms with van der Waals surface area (Å²) in [6.45, 7) is 1.25. The molecular formula is C19H16F2N4O2S. The molecule has 1 aromatic heterocycles. The number of halogens is 2. The normalized spacial score (nSPS) is 14.4. The van der Waals surface area contributed by atoms with Crippen LogP contribution in [-0.4, -0.2) is 52.3 Å². The molecule has 0 unspecified atom stereocenters. The van der Waals surface area contributed by atoms with Crippen molar-refractivity contribution in [2.75, 3.05) is 31.5 Å². The molecule has 4 rings (SSSR count). The van der Waals surface area contributed by atoms with E-state index in [-0.39, 0.29) is 24.7 Å². The van der Waals surface area contributed by atoms with Crippen molar-refractivity contribution in [3.63, 3.8) is 0 Å². The third kappa shape index (κ3) is 3.53. The highest BCUT2D eigenvalue weighted by Crippen LogP contribution is 2.24. The maximum absolute atomic E-state index is 13.7. The van der Waals surface area contributed by atoms with Gasteiger partial charge in [0.05, 0.1) is 10.4 Å². The Morgan fingerprint density at radius 3 is 2.50 bits per heavy atom. The van der Waals surface area contributed by atoms with Crippen LogP contribution in [0, 0.1) is 11.6 Å². The second kappa shape index (κ2) is 7.51. The molecule has 1 fully saturated rings. The number of hydrogen-bond donors (Lipinski definition) is 1. The Labute approximate surface area is 163 Å². The second-order valence-corrected chi connectivity index (χ2v) is 7.17. The molecule has 0 aliphatic carbocycles. The molecule has 0 radical (unpaired) electrons. The average molecular weight is 402 g/mol. The molecule has 0 saturated carbocycles. The number of nitrogens with zero attached hydrogens (tertiary/aromatic N) is 3. The largest absolute Gasteiger partial charge is 0.334 e. The fourth-order valence-electron chi connectivity index (χ4n) is 3.09. The first-order valence-electron chi connectivity index (χ1n) is 8.67. The van der Waals surface area contributed by atoms with E-state index in [0.717, 1.165) is 28.3 Å². The van der Waals surface area contributed by atoms with Gasteiger partial charge in [-0.15, -0.1) is 0 Å². The summed E-state index contributed by atoms with van der Waals surface area (Å²) in [7, 11) is 0. The lowest BCUT2D eigenvalue weighted by Crippen LogP contribution is -2.51. The van der Waals surface area contributed by atoms with Gasteiger partial charge in [0, 0.05) is 37.6 Å². The number of rotatable bonds is 2. The first-order chi connectivity index (χ1) is 13.5. The first-order valence-corrected chi connectivity index (χ1v) is 9.45. The van der Waals surface area contributed by atoms with Crippen molar-refractivity contribution in [1.29, 1.82) is 0 Å². The van der Waals surface area contributed by atoms with E-state index in [1.165, 1.54) is 16.4 Å². The minimum atomic E-state index is -0.709. The molecule has 1 N–H and O–H groups in total. The number of carbonyl (C=O) groups is 2. The van der Waals surface area contributed by atoms with E-state index in [1.54, 1.807) is 4.90 Å². The van der Waals surface area contributed by atoms with Crippen molar-refractivity contribution in [2.24, 2.45) is 0 Å². The van der Waals surface area contributed by atoms with E-state index < -0.39 is 17.7 Å². The Kier molecular flexibility index (Phi) is 4.91. The quantitative estimate of drug-likeness (QED) is 0.713. The van der Waals surface area contributed by atoms with Gasteiger partial charge in [-0.1, -0.05) is 18.2 Å². The number of amides is 3. The van der Waals surface area contributed by atoms with Crippen LogP contribution in [0.25, 0.3) is 10.1 Å². The lowest BCUT2D eigenvalue weighted by Gasteiger charge is -2.34. The van der Waals surface area contributed by atoms with E-state index in [4.69, 9.17) is 0 Å². The standard InChI is InChI=1S/C19H16F2N4O2S/c20-12-5-6-14(21)15(11-12)22-19(27)25-9-7-24(8-10-25)18(26)17-13-3-1-2-4-16(13)28-23-17/h1-6,11H,7-10H2,(H,22,27). The Hall–Kier alpha value is -3.07. The fourth-order valence-corrected chi connectivity index (χ4v) is 3.86. The SMILES string of the molecule is O=C(Nc1cc(F)ccc1F)N1CCN(C(=O)c2nsc3ccccc23)CC1. The molecule has 0 spiro atoms. The summed E-state index contributed by atoms with van der Waals surface area (Å²) in [5, 5.41) is 3.19. The zero-order chi connectivity index (χ0) is 19.7. The summed E-state index contributed by atoms with van der Waals surface area (Å²) in [5.41, 5.74) is 0.206. The topological polar surface area (TPSA) is 65.5 Å². The highest BCUT2D eigenvalue weighted by molar-refractivity contribution is 7.13. The number of urea groups is 1. The Bertz CT molecular complexity index is 1050. The van der Waals surface area contributed by atoms with E-state index in [1.807, 2.05) is 24.3 Å². The molecule has 0 atom stereocenters. The smallest absolute Gasteiger partial charge is 0.322 e. The van der Waals surface area contributed by atoms with E-state index in [2.05, 4.69) is 9.69 Å². The summed E-state index contributed by atoms with van der Waals surface area (Å²) < 4.78 is 32.2. The number of benzene rings is 2. The van der Waals surface area contributed by atoms with Gasteiger partial charge >= 0.3 is 6.03 Å². The Balaban J connectivity index is 1.39. The van der Waals surface area contributed by atoms with Crippen molar-refractivity contribution in [2.45, 2.75) is 0 Å². The highest BCUT2D eigenvalue weighted by Gasteiger charge is 2.27. The predicted molar refractivity (Wildman–Crippen MR) is 102 cm³/mol. The monoisotopic (exact) mass is 402 g/mol. The lowest BCUT2D eigenvalue weighted by molar-refractivity contribution is 0.0669. The van der Waals surface area contributed by atoms with Crippen LogP contribution in [0.15, 0.2) is 42.5 Å². The number of hydrogen-bond acceptors (Lipinski definition) is 4. The second-order valence-electron chi connectivity index (χ2n) is 6.36. The molecule has 2 heterocycles. The van der Waals surface area contributed by atoms with E-state index >= 15 is 0 Å². The van der Waals surface area contributed by atoms with E-state index in [0.29, 0.717) is 18.8 Å². The third-order valence-corrected chi connectivity index (χ3v) is 5.43. The summed E-state index contributed by atoms with van der Waals surface area (Å²) in [6, 6.07) is 9.88. The highest BCUT2D eigenvalue weighted by atomic mass is 32.1. The fraction of sp³-hybridized carbons (Fsp3) is 0.211. The van der Waals surface area contributed by atoms with Gasteiger partial charge < -0.3 is 15.1 Å². The predicted octanol–water partition coefficient (Wildman–Crippen LogP) is 3.56. The van der Waals surface area contributed by atoms with Crippen molar-refractivity contribution in [3.8, 4) is 0 Å². The average Bonchev–Trinajstić information content (AvgIpc) is 3.14. The molecule has 2 aromatic carbocycles. The molecule has 1 aliphatic heterocycles. The maximum atomic E-state index is 13.7. The van der Waals surface area contributed by atoms with Gasteiger partial charge in [-0.25, -0.2) is 13.6 Å². The van der Waals surface area contributed by atoms with Gasteiger partial charge in [0.15, 0.2) is 0 Å². The van der Waals surface area contributed by atoms with Crippen LogP contribution in [-0.2, 0) is 0 Å². The number of carbonyl (C=O) groups excluding carboxylic acids is 2. The maximum Gasteiger partial charge on any atom is 0.322 e. The van der Waals surface area contributed by atoms with Crippen molar-refractivity contribution >= 4 is 39.2 Å². The molecule has 3 aromatic rings. The van der Waals surface area contributed by atoms with Gasteiger partial charge in [0.25, 0.3) is 5.91 Å². The van der Waals surface area contributed by atoms with Gasteiger partial charge in [-0.2, -0.15) is 4.37 Å². The summed E-state index contributed by atoms with van der Waals surface area (Å²) >= 11 is 1.28. The van der Waals surface area contributed by atoms with Crippen LogP contribution in [0.5, 0.6) is 0 Å². The molecule has 1 saturated heterocycles. The Morgan fingerprint density at radius 1 is 1.00 bits per heavy atom. The molecule has 9 heteroatoms. The van der Waals surface area contributed by atoms with Gasteiger partial charge in [0.2, 0.25) is 0 Å². The molecule has 3 amide bonds. The van der Waals surface area contributed by atoms with Gasteiger partial charge in [0.1, 0.15) is 17.3 Å². The van der Waals surface area contributed by atoms with Crippen LogP contribution < -0.4 is 5.32 Å². The molecule has 0 bridgehead atoms. The minimum absolute atomic E-state index is 0.173. The van der Waals surface area contributed by atoms with Crippen LogP contribution >= 0.6 is 11.5 Å². The zero-order valence-electron chi connectivity index (χ0n) is 14.7. The number of anilines is 1. The summed E-state index contributed by atoms with van der Waals surface area (Å²) in [4.78, 5) is 28.2. The minimum Gasteiger partial charge on any atom is -0.334 e. The first kappa shape index (κ1) is 18.3. The summed E-state index contributed by atoms with van der Waals surface area (Å²) in [6.07, 6.45) is 0. The zero-order valence-corrected chi connectivity index (χ0v) is 15.5. The van der Waals surface area contributed by atoms with Gasteiger partial charge in [-0.05, 0) is 29.7 Å². The lowest BCUT2D eigenvalue weighted by atomic mass is 10.2. The van der Waals surface area contributed by atoms with Crippen molar-refractivity contribution in [1.82, 2.24) is 14.2 Å². The van der Waals surface area contributed by atoms with Crippen molar-refractivity contribution < 1.29 is 18.4 Å². The molecule has 144 valence electrons. The van der Waals surface area contributed by atoms with Crippen LogP contribution in [0.3, 0.4) is 0 Å². The van der Waals surface area contributed by atoms with Crippen molar-refractivity contribution in [3.05, 3.63) is 59.8 Å². The molecule has 28 heavy (non-hydrogen) atoms. The van der Waals surface area contributed by atoms with E-state index in [9.17, 15) is 18.4 Å². The Morgan fingerprint density at radius 2 is 1.71 bits per heavy atom. The van der Waals surface area contributed by atoms with Crippen LogP contribution in [0.2, 0.25) is 0 Å². The van der Waals surface area contributed by atoms with Crippen LogP contribution in [0.4, 0.5) is 19.3 Å². The number of aromatic nitrogens is 1.